The average molecular weight is 494 g/mol. The van der Waals surface area contributed by atoms with Crippen LogP contribution in [0.4, 0.5) is 0 Å². The fourth-order valence-electron chi connectivity index (χ4n) is 2.87. The number of halogens is 1. The van der Waals surface area contributed by atoms with Crippen molar-refractivity contribution in [2.45, 2.75) is 13.3 Å². The van der Waals surface area contributed by atoms with Gasteiger partial charge >= 0.3 is 0 Å². The number of benzene rings is 2. The maximum absolute atomic E-state index is 12.3. The SMILES string of the molecule is CCOc1cc(/C=C2/SC(=S)N(C)C2=O)cc(Cl)c1OCCCOc1ccc(OC)cc1. The molecule has 0 unspecified atom stereocenters. The standard InChI is InChI=1S/C23H24ClNO5S2/c1-4-28-19-13-15(14-20-22(26)25(2)23(31)32-20)12-18(24)21(19)30-11-5-10-29-17-8-6-16(27-3)7-9-17/h6-9,12-14H,4-5,10-11H2,1-3H3/b20-14+. The van der Waals surface area contributed by atoms with Crippen LogP contribution >= 0.6 is 35.6 Å². The summed E-state index contributed by atoms with van der Waals surface area (Å²) in [5.41, 5.74) is 0.739. The first-order valence-electron chi connectivity index (χ1n) is 10.0. The summed E-state index contributed by atoms with van der Waals surface area (Å²) >= 11 is 12.9. The fraction of sp³-hybridized carbons (Fsp3) is 0.304. The molecule has 0 bridgehead atoms. The van der Waals surface area contributed by atoms with Gasteiger partial charge in [-0.2, -0.15) is 0 Å². The molecule has 9 heteroatoms. The van der Waals surface area contributed by atoms with Crippen molar-refractivity contribution < 1.29 is 23.7 Å². The highest BCUT2D eigenvalue weighted by molar-refractivity contribution is 8.26. The summed E-state index contributed by atoms with van der Waals surface area (Å²) in [4.78, 5) is 14.3. The van der Waals surface area contributed by atoms with E-state index >= 15 is 0 Å². The molecule has 0 aromatic heterocycles. The maximum Gasteiger partial charge on any atom is 0.265 e. The second-order valence-corrected chi connectivity index (χ2v) is 8.81. The highest BCUT2D eigenvalue weighted by atomic mass is 35.5. The zero-order chi connectivity index (χ0) is 23.1. The van der Waals surface area contributed by atoms with Crippen LogP contribution in [0.25, 0.3) is 6.08 Å². The van der Waals surface area contributed by atoms with E-state index in [0.717, 1.165) is 17.1 Å². The van der Waals surface area contributed by atoms with E-state index in [-0.39, 0.29) is 5.91 Å². The van der Waals surface area contributed by atoms with Gasteiger partial charge in [-0.15, -0.1) is 0 Å². The predicted octanol–water partition coefficient (Wildman–Crippen LogP) is 5.43. The Kier molecular flexibility index (Phi) is 8.67. The van der Waals surface area contributed by atoms with Gasteiger partial charge in [0.15, 0.2) is 11.5 Å². The van der Waals surface area contributed by atoms with Crippen LogP contribution < -0.4 is 18.9 Å². The summed E-state index contributed by atoms with van der Waals surface area (Å²) in [6.07, 6.45) is 2.42. The van der Waals surface area contributed by atoms with Gasteiger partial charge in [-0.3, -0.25) is 9.69 Å². The number of amides is 1. The Labute approximate surface area is 202 Å². The minimum Gasteiger partial charge on any atom is -0.497 e. The van der Waals surface area contributed by atoms with E-state index in [0.29, 0.717) is 52.0 Å². The Morgan fingerprint density at radius 3 is 2.41 bits per heavy atom. The van der Waals surface area contributed by atoms with Crippen LogP contribution in [0.15, 0.2) is 41.3 Å². The summed E-state index contributed by atoms with van der Waals surface area (Å²) in [5, 5.41) is 0.408. The van der Waals surface area contributed by atoms with E-state index in [1.165, 1.54) is 16.7 Å². The molecule has 0 atom stereocenters. The second kappa shape index (κ2) is 11.4. The maximum atomic E-state index is 12.3. The number of hydrogen-bond acceptors (Lipinski definition) is 7. The third-order valence-corrected chi connectivity index (χ3v) is 6.24. The monoisotopic (exact) mass is 493 g/mol. The van der Waals surface area contributed by atoms with Crippen LogP contribution in [0.2, 0.25) is 5.02 Å². The molecule has 0 aliphatic carbocycles. The van der Waals surface area contributed by atoms with Crippen molar-refractivity contribution in [1.82, 2.24) is 4.90 Å². The Hall–Kier alpha value is -2.42. The van der Waals surface area contributed by atoms with E-state index < -0.39 is 0 Å². The highest BCUT2D eigenvalue weighted by Gasteiger charge is 2.28. The van der Waals surface area contributed by atoms with Crippen molar-refractivity contribution in [2.24, 2.45) is 0 Å². The first kappa shape index (κ1) is 24.2. The number of methoxy groups -OCH3 is 1. The molecule has 2 aromatic rings. The summed E-state index contributed by atoms with van der Waals surface area (Å²) in [6.45, 7) is 3.23. The lowest BCUT2D eigenvalue weighted by molar-refractivity contribution is -0.121. The molecule has 0 radical (unpaired) electrons. The zero-order valence-electron chi connectivity index (χ0n) is 18.1. The van der Waals surface area contributed by atoms with E-state index in [1.54, 1.807) is 32.4 Å². The Morgan fingerprint density at radius 1 is 1.09 bits per heavy atom. The molecule has 170 valence electrons. The van der Waals surface area contributed by atoms with Gasteiger partial charge < -0.3 is 18.9 Å². The molecule has 6 nitrogen and oxygen atoms in total. The fourth-order valence-corrected chi connectivity index (χ4v) is 4.32. The molecule has 2 aromatic carbocycles. The molecule has 32 heavy (non-hydrogen) atoms. The van der Waals surface area contributed by atoms with E-state index in [4.69, 9.17) is 42.8 Å². The van der Waals surface area contributed by atoms with Gasteiger partial charge in [0.1, 0.15) is 15.8 Å². The number of hydrogen-bond donors (Lipinski definition) is 0. The van der Waals surface area contributed by atoms with Crippen LogP contribution in [0.3, 0.4) is 0 Å². The van der Waals surface area contributed by atoms with Crippen molar-refractivity contribution in [2.75, 3.05) is 34.0 Å². The van der Waals surface area contributed by atoms with Crippen molar-refractivity contribution >= 4 is 51.9 Å². The number of carbonyl (C=O) groups excluding carboxylic acids is 1. The van der Waals surface area contributed by atoms with Crippen molar-refractivity contribution in [3.05, 3.63) is 51.9 Å². The number of carbonyl (C=O) groups is 1. The molecule has 1 fully saturated rings. The van der Waals surface area contributed by atoms with Gasteiger partial charge in [-0.25, -0.2) is 0 Å². The summed E-state index contributed by atoms with van der Waals surface area (Å²) < 4.78 is 23.0. The van der Waals surface area contributed by atoms with Crippen LogP contribution in [0, 0.1) is 0 Å². The third kappa shape index (κ3) is 6.09. The summed E-state index contributed by atoms with van der Waals surface area (Å²) in [7, 11) is 3.28. The lowest BCUT2D eigenvalue weighted by Gasteiger charge is -2.15. The largest absolute Gasteiger partial charge is 0.497 e. The zero-order valence-corrected chi connectivity index (χ0v) is 20.4. The molecule has 0 saturated carbocycles. The number of ether oxygens (including phenoxy) is 4. The lowest BCUT2D eigenvalue weighted by Crippen LogP contribution is -2.22. The second-order valence-electron chi connectivity index (χ2n) is 6.73. The molecule has 1 aliphatic heterocycles. The molecular formula is C23H24ClNO5S2. The Morgan fingerprint density at radius 2 is 1.78 bits per heavy atom. The topological polar surface area (TPSA) is 57.2 Å². The van der Waals surface area contributed by atoms with Gasteiger partial charge in [0.25, 0.3) is 5.91 Å². The molecule has 0 spiro atoms. The highest BCUT2D eigenvalue weighted by Crippen LogP contribution is 2.39. The molecule has 1 saturated heterocycles. The number of nitrogens with zero attached hydrogens (tertiary/aromatic N) is 1. The third-order valence-electron chi connectivity index (χ3n) is 4.48. The molecule has 1 amide bonds. The lowest BCUT2D eigenvalue weighted by atomic mass is 10.1. The predicted molar refractivity (Wildman–Crippen MR) is 132 cm³/mol. The van der Waals surface area contributed by atoms with Gasteiger partial charge in [0.2, 0.25) is 0 Å². The average Bonchev–Trinajstić information content (AvgIpc) is 3.02. The van der Waals surface area contributed by atoms with E-state index in [9.17, 15) is 4.79 Å². The first-order chi connectivity index (χ1) is 15.4. The van der Waals surface area contributed by atoms with E-state index in [2.05, 4.69) is 0 Å². The number of thiocarbonyl (C=S) groups is 1. The quantitative estimate of drug-likeness (QED) is 0.248. The van der Waals surface area contributed by atoms with E-state index in [1.807, 2.05) is 31.2 Å². The van der Waals surface area contributed by atoms with Gasteiger partial charge in [-0.1, -0.05) is 35.6 Å². The molecule has 1 heterocycles. The van der Waals surface area contributed by atoms with Crippen molar-refractivity contribution in [3.8, 4) is 23.0 Å². The summed E-state index contributed by atoms with van der Waals surface area (Å²) in [6, 6.07) is 11.0. The molecule has 1 aliphatic rings. The minimum absolute atomic E-state index is 0.133. The molecule has 3 rings (SSSR count). The van der Waals surface area contributed by atoms with Gasteiger partial charge in [-0.05, 0) is 55.0 Å². The normalized spacial score (nSPS) is 14.8. The number of rotatable bonds is 10. The van der Waals surface area contributed by atoms with Crippen molar-refractivity contribution in [3.63, 3.8) is 0 Å². The van der Waals surface area contributed by atoms with Crippen LogP contribution in [-0.4, -0.2) is 49.1 Å². The molecule has 0 N–H and O–H groups in total. The van der Waals surface area contributed by atoms with Gasteiger partial charge in [0.05, 0.1) is 36.9 Å². The molecular weight excluding hydrogens is 470 g/mol. The van der Waals surface area contributed by atoms with Crippen molar-refractivity contribution in [1.29, 1.82) is 0 Å². The van der Waals surface area contributed by atoms with Crippen LogP contribution in [0.5, 0.6) is 23.0 Å². The Balaban J connectivity index is 1.62. The Bertz CT molecular complexity index is 1010. The van der Waals surface area contributed by atoms with Crippen LogP contribution in [-0.2, 0) is 4.79 Å². The number of thioether (sulfide) groups is 1. The van der Waals surface area contributed by atoms with Crippen LogP contribution in [0.1, 0.15) is 18.9 Å². The summed E-state index contributed by atoms with van der Waals surface area (Å²) in [5.74, 6) is 2.41. The smallest absolute Gasteiger partial charge is 0.265 e. The number of likely N-dealkylation sites (N-methyl/N-ethyl adjacent to an activating group) is 1. The van der Waals surface area contributed by atoms with Gasteiger partial charge in [0, 0.05) is 13.5 Å². The minimum atomic E-state index is -0.133. The first-order valence-corrected chi connectivity index (χ1v) is 11.6.